The van der Waals surface area contributed by atoms with Crippen molar-refractivity contribution in [3.63, 3.8) is 0 Å². The van der Waals surface area contributed by atoms with Crippen LogP contribution >= 0.6 is 30.8 Å². The lowest BCUT2D eigenvalue weighted by molar-refractivity contribution is 0.230. The highest BCUT2D eigenvalue weighted by Crippen LogP contribution is 2.49. The number of halogens is 2. The average molecular weight is 348 g/mol. The molecule has 2 rings (SSSR count). The first-order valence-corrected chi connectivity index (χ1v) is 8.83. The number of benzene rings is 1. The largest absolute Gasteiger partial charge is 0.366 e. The van der Waals surface area contributed by atoms with E-state index in [1.165, 1.54) is 0 Å². The third kappa shape index (κ3) is 3.53. The van der Waals surface area contributed by atoms with Crippen molar-refractivity contribution in [2.24, 2.45) is 0 Å². The molecule has 1 aromatic carbocycles. The van der Waals surface area contributed by atoms with Gasteiger partial charge in [-0.1, -0.05) is 29.3 Å². The first-order valence-electron chi connectivity index (χ1n) is 6.53. The smallest absolute Gasteiger partial charge is 0.363 e. The molecular formula is C14H16Cl2NO3P. The first kappa shape index (κ1) is 16.6. The minimum absolute atomic E-state index is 0.288. The Balaban J connectivity index is 2.53. The van der Waals surface area contributed by atoms with Crippen LogP contribution in [0.25, 0.3) is 11.1 Å². The van der Waals surface area contributed by atoms with Gasteiger partial charge in [0.1, 0.15) is 0 Å². The molecule has 4 nitrogen and oxygen atoms in total. The van der Waals surface area contributed by atoms with Gasteiger partial charge in [-0.25, -0.2) is 0 Å². The molecule has 0 saturated carbocycles. The molecule has 21 heavy (non-hydrogen) atoms. The summed E-state index contributed by atoms with van der Waals surface area (Å²) >= 11 is 12.1. The van der Waals surface area contributed by atoms with Crippen LogP contribution in [0.15, 0.2) is 30.6 Å². The predicted octanol–water partition coefficient (Wildman–Crippen LogP) is 4.88. The Labute approximate surface area is 133 Å². The van der Waals surface area contributed by atoms with Crippen molar-refractivity contribution in [2.45, 2.75) is 13.8 Å². The molecular weight excluding hydrogens is 332 g/mol. The van der Waals surface area contributed by atoms with Gasteiger partial charge in [0.25, 0.3) is 0 Å². The van der Waals surface area contributed by atoms with Crippen molar-refractivity contribution in [2.75, 3.05) is 13.2 Å². The van der Waals surface area contributed by atoms with E-state index in [4.69, 9.17) is 32.2 Å². The zero-order valence-corrected chi connectivity index (χ0v) is 14.1. The van der Waals surface area contributed by atoms with E-state index < -0.39 is 7.60 Å². The van der Waals surface area contributed by atoms with Crippen LogP contribution in [0, 0.1) is 0 Å². The fraction of sp³-hybridized carbons (Fsp3) is 0.286. The number of rotatable bonds is 6. The van der Waals surface area contributed by atoms with Gasteiger partial charge in [0.15, 0.2) is 0 Å². The highest BCUT2D eigenvalue weighted by molar-refractivity contribution is 7.62. The maximum absolute atomic E-state index is 12.9. The van der Waals surface area contributed by atoms with Gasteiger partial charge in [0.2, 0.25) is 0 Å². The van der Waals surface area contributed by atoms with Crippen LogP contribution in [0.1, 0.15) is 13.8 Å². The van der Waals surface area contributed by atoms with Crippen molar-refractivity contribution in [1.29, 1.82) is 0 Å². The monoisotopic (exact) mass is 347 g/mol. The second kappa shape index (κ2) is 6.99. The van der Waals surface area contributed by atoms with Crippen LogP contribution in [-0.2, 0) is 13.6 Å². The Bertz CT molecular complexity index is 662. The Morgan fingerprint density at radius 1 is 1.10 bits per heavy atom. The van der Waals surface area contributed by atoms with E-state index in [0.717, 1.165) is 5.56 Å². The van der Waals surface area contributed by atoms with Crippen LogP contribution in [-0.4, -0.2) is 18.2 Å². The molecule has 0 atom stereocenters. The summed E-state index contributed by atoms with van der Waals surface area (Å²) in [5, 5.41) is 1.48. The van der Waals surface area contributed by atoms with Gasteiger partial charge < -0.3 is 14.0 Å². The summed E-state index contributed by atoms with van der Waals surface area (Å²) in [6.07, 6.45) is 3.33. The van der Waals surface area contributed by atoms with E-state index in [2.05, 4.69) is 4.98 Å². The van der Waals surface area contributed by atoms with Gasteiger partial charge in [-0.2, -0.15) is 0 Å². The molecule has 7 heteroatoms. The molecule has 0 bridgehead atoms. The van der Waals surface area contributed by atoms with Gasteiger partial charge in [-0.3, -0.25) is 4.57 Å². The Kier molecular flexibility index (Phi) is 5.53. The standard InChI is InChI=1S/C14H16Cl2NO3P/c1-3-19-21(18,20-4-2)14-9-17-8-12(14)11-6-5-10(15)7-13(11)16/h5-9,17H,3-4H2,1-2H3. The molecule has 0 aliphatic heterocycles. The maximum Gasteiger partial charge on any atom is 0.363 e. The van der Waals surface area contributed by atoms with E-state index in [1.54, 1.807) is 44.4 Å². The third-order valence-corrected chi connectivity index (χ3v) is 5.54. The Morgan fingerprint density at radius 3 is 2.33 bits per heavy atom. The second-order valence-corrected chi connectivity index (χ2v) is 7.05. The summed E-state index contributed by atoms with van der Waals surface area (Å²) in [6.45, 7) is 4.12. The number of aromatic amines is 1. The summed E-state index contributed by atoms with van der Waals surface area (Å²) in [5.74, 6) is 0. The zero-order chi connectivity index (χ0) is 15.5. The maximum atomic E-state index is 12.9. The number of hydrogen-bond acceptors (Lipinski definition) is 3. The fourth-order valence-corrected chi connectivity index (χ4v) is 4.28. The van der Waals surface area contributed by atoms with Crippen molar-refractivity contribution < 1.29 is 13.6 Å². The van der Waals surface area contributed by atoms with E-state index >= 15 is 0 Å². The predicted molar refractivity (Wildman–Crippen MR) is 86.7 cm³/mol. The van der Waals surface area contributed by atoms with Crippen LogP contribution in [0.3, 0.4) is 0 Å². The number of H-pyrrole nitrogens is 1. The van der Waals surface area contributed by atoms with E-state index in [9.17, 15) is 4.57 Å². The van der Waals surface area contributed by atoms with Crippen molar-refractivity contribution in [1.82, 2.24) is 4.98 Å². The quantitative estimate of drug-likeness (QED) is 0.757. The molecule has 0 aliphatic rings. The molecule has 0 saturated heterocycles. The number of hydrogen-bond donors (Lipinski definition) is 1. The molecule has 2 aromatic rings. The highest BCUT2D eigenvalue weighted by atomic mass is 35.5. The lowest BCUT2D eigenvalue weighted by atomic mass is 10.1. The van der Waals surface area contributed by atoms with Gasteiger partial charge >= 0.3 is 7.60 Å². The molecule has 1 aromatic heterocycles. The molecule has 0 spiro atoms. The zero-order valence-electron chi connectivity index (χ0n) is 11.7. The van der Waals surface area contributed by atoms with Crippen LogP contribution in [0.4, 0.5) is 0 Å². The van der Waals surface area contributed by atoms with Crippen molar-refractivity contribution in [3.8, 4) is 11.1 Å². The molecule has 1 N–H and O–H groups in total. The summed E-state index contributed by atoms with van der Waals surface area (Å²) in [5.41, 5.74) is 1.40. The minimum Gasteiger partial charge on any atom is -0.366 e. The minimum atomic E-state index is -3.38. The first-order chi connectivity index (χ1) is 10.0. The third-order valence-electron chi connectivity index (χ3n) is 2.84. The Morgan fingerprint density at radius 2 is 1.76 bits per heavy atom. The molecule has 0 fully saturated rings. The molecule has 0 radical (unpaired) electrons. The van der Waals surface area contributed by atoms with Gasteiger partial charge in [0, 0.05) is 33.6 Å². The molecule has 0 amide bonds. The molecule has 114 valence electrons. The molecule has 0 unspecified atom stereocenters. The van der Waals surface area contributed by atoms with Crippen molar-refractivity contribution in [3.05, 3.63) is 40.6 Å². The normalized spacial score (nSPS) is 11.8. The fourth-order valence-electron chi connectivity index (χ4n) is 2.02. The van der Waals surface area contributed by atoms with Gasteiger partial charge in [-0.05, 0) is 26.0 Å². The van der Waals surface area contributed by atoms with Gasteiger partial charge in [-0.15, -0.1) is 0 Å². The van der Waals surface area contributed by atoms with Crippen LogP contribution in [0.2, 0.25) is 10.0 Å². The number of nitrogens with one attached hydrogen (secondary N) is 1. The molecule has 1 heterocycles. The molecule has 0 aliphatic carbocycles. The Hall–Kier alpha value is -0.770. The van der Waals surface area contributed by atoms with Crippen LogP contribution < -0.4 is 5.30 Å². The van der Waals surface area contributed by atoms with Crippen molar-refractivity contribution >= 4 is 36.1 Å². The summed E-state index contributed by atoms with van der Waals surface area (Å²) in [4.78, 5) is 2.94. The lowest BCUT2D eigenvalue weighted by Gasteiger charge is -2.17. The summed E-state index contributed by atoms with van der Waals surface area (Å²) < 4.78 is 23.7. The lowest BCUT2D eigenvalue weighted by Crippen LogP contribution is -2.11. The summed E-state index contributed by atoms with van der Waals surface area (Å²) in [6, 6.07) is 5.15. The van der Waals surface area contributed by atoms with Gasteiger partial charge in [0.05, 0.1) is 18.5 Å². The number of aromatic nitrogens is 1. The van der Waals surface area contributed by atoms with E-state index in [0.29, 0.717) is 20.9 Å². The summed E-state index contributed by atoms with van der Waals surface area (Å²) in [7, 11) is -3.38. The second-order valence-electron chi connectivity index (χ2n) is 4.21. The van der Waals surface area contributed by atoms with Crippen LogP contribution in [0.5, 0.6) is 0 Å². The van der Waals surface area contributed by atoms with E-state index in [1.807, 2.05) is 0 Å². The average Bonchev–Trinajstić information content (AvgIpc) is 2.89. The topological polar surface area (TPSA) is 51.3 Å². The SMILES string of the molecule is CCOP(=O)(OCC)c1c[nH]cc1-c1ccc(Cl)cc1Cl. The highest BCUT2D eigenvalue weighted by Gasteiger charge is 2.31. The van der Waals surface area contributed by atoms with E-state index in [-0.39, 0.29) is 13.2 Å².